The Labute approximate surface area is 131 Å². The summed E-state index contributed by atoms with van der Waals surface area (Å²) in [7, 11) is -3.21. The van der Waals surface area contributed by atoms with Crippen LogP contribution in [0.2, 0.25) is 0 Å². The molecule has 0 amide bonds. The van der Waals surface area contributed by atoms with Crippen LogP contribution in [-0.2, 0) is 9.84 Å². The molecule has 5 nitrogen and oxygen atoms in total. The van der Waals surface area contributed by atoms with Crippen molar-refractivity contribution in [1.82, 2.24) is 10.6 Å². The average Bonchev–Trinajstić information content (AvgIpc) is 3.09. The Bertz CT molecular complexity index is 676. The molecule has 2 fully saturated rings. The minimum atomic E-state index is -3.21. The van der Waals surface area contributed by atoms with Gasteiger partial charge in [-0.1, -0.05) is 24.6 Å². The van der Waals surface area contributed by atoms with E-state index in [4.69, 9.17) is 0 Å². The van der Waals surface area contributed by atoms with Gasteiger partial charge in [0.2, 0.25) is 0 Å². The molecule has 22 heavy (non-hydrogen) atoms. The molecule has 0 radical (unpaired) electrons. The van der Waals surface area contributed by atoms with Crippen LogP contribution in [0, 0.1) is 11.8 Å². The van der Waals surface area contributed by atoms with Crippen LogP contribution in [0.3, 0.4) is 0 Å². The molecule has 0 aromatic heterocycles. The lowest BCUT2D eigenvalue weighted by molar-refractivity contribution is 0.289. The van der Waals surface area contributed by atoms with Crippen molar-refractivity contribution < 1.29 is 8.42 Å². The first-order valence-electron chi connectivity index (χ1n) is 8.07. The normalized spacial score (nSPS) is 36.9. The summed E-state index contributed by atoms with van der Waals surface area (Å²) in [6.07, 6.45) is 6.39. The number of benzene rings is 1. The number of sulfone groups is 1. The number of anilines is 1. The zero-order valence-corrected chi connectivity index (χ0v) is 13.6. The van der Waals surface area contributed by atoms with Gasteiger partial charge in [-0.05, 0) is 37.2 Å². The molecule has 5 unspecified atom stereocenters. The standard InChI is InChI=1S/C16H23N3O2S/c1-22(20,21)16-18-13-5-3-2-4-12(13)15(19-16)17-14-9-10-6-7-11(14)8-10/h2-5,10-11,14-19H,6-9H2,1H3. The van der Waals surface area contributed by atoms with E-state index in [1.165, 1.54) is 31.9 Å². The number of nitrogens with one attached hydrogen (secondary N) is 3. The Balaban J connectivity index is 1.60. The minimum Gasteiger partial charge on any atom is -0.357 e. The van der Waals surface area contributed by atoms with Crippen LogP contribution in [0.5, 0.6) is 0 Å². The minimum absolute atomic E-state index is 0.110. The molecule has 2 aliphatic carbocycles. The van der Waals surface area contributed by atoms with Crippen LogP contribution in [0.15, 0.2) is 24.3 Å². The van der Waals surface area contributed by atoms with E-state index < -0.39 is 15.3 Å². The Morgan fingerprint density at radius 1 is 1.18 bits per heavy atom. The Hall–Kier alpha value is -1.11. The summed E-state index contributed by atoms with van der Waals surface area (Å²) in [6.45, 7) is 0. The molecule has 2 bridgehead atoms. The second-order valence-electron chi connectivity index (χ2n) is 6.99. The number of hydrogen-bond acceptors (Lipinski definition) is 5. The zero-order valence-electron chi connectivity index (χ0n) is 12.7. The van der Waals surface area contributed by atoms with Crippen molar-refractivity contribution in [1.29, 1.82) is 0 Å². The van der Waals surface area contributed by atoms with E-state index in [0.717, 1.165) is 23.1 Å². The van der Waals surface area contributed by atoms with E-state index in [1.54, 1.807) is 0 Å². The first-order valence-corrected chi connectivity index (χ1v) is 10.0. The first-order chi connectivity index (χ1) is 10.5. The van der Waals surface area contributed by atoms with Crippen LogP contribution >= 0.6 is 0 Å². The largest absolute Gasteiger partial charge is 0.357 e. The SMILES string of the molecule is CS(=O)(=O)C1Nc2ccccc2C(NC2CC3CCC2C3)N1. The Morgan fingerprint density at radius 3 is 2.68 bits per heavy atom. The predicted octanol–water partition coefficient (Wildman–Crippen LogP) is 1.81. The smallest absolute Gasteiger partial charge is 0.183 e. The van der Waals surface area contributed by atoms with E-state index in [9.17, 15) is 8.42 Å². The number of para-hydroxylation sites is 1. The summed E-state index contributed by atoms with van der Waals surface area (Å²) in [6, 6.07) is 8.44. The Kier molecular flexibility index (Phi) is 3.43. The average molecular weight is 321 g/mol. The molecule has 1 aromatic carbocycles. The van der Waals surface area contributed by atoms with Gasteiger partial charge < -0.3 is 5.32 Å². The fraction of sp³-hybridized carbons (Fsp3) is 0.625. The molecule has 6 heteroatoms. The fourth-order valence-corrected chi connectivity index (χ4v) is 5.06. The van der Waals surface area contributed by atoms with Crippen LogP contribution in [-0.4, -0.2) is 26.2 Å². The summed E-state index contributed by atoms with van der Waals surface area (Å²) in [4.78, 5) is 0. The highest BCUT2D eigenvalue weighted by atomic mass is 32.2. The molecular weight excluding hydrogens is 298 g/mol. The summed E-state index contributed by atoms with van der Waals surface area (Å²) in [5.74, 6) is 1.62. The molecule has 2 saturated carbocycles. The second-order valence-corrected chi connectivity index (χ2v) is 9.12. The van der Waals surface area contributed by atoms with Gasteiger partial charge in [0.15, 0.2) is 15.3 Å². The summed E-state index contributed by atoms with van der Waals surface area (Å²) in [5, 5.41) is 10.0. The maximum atomic E-state index is 12.0. The Morgan fingerprint density at radius 2 is 2.00 bits per heavy atom. The summed E-state index contributed by atoms with van der Waals surface area (Å²) in [5.41, 5.74) is 1.26. The lowest BCUT2D eigenvalue weighted by Crippen LogP contribution is -2.54. The van der Waals surface area contributed by atoms with E-state index in [0.29, 0.717) is 6.04 Å². The third-order valence-electron chi connectivity index (χ3n) is 5.42. The van der Waals surface area contributed by atoms with Crippen LogP contribution in [0.4, 0.5) is 5.69 Å². The van der Waals surface area contributed by atoms with Crippen molar-refractivity contribution in [3.63, 3.8) is 0 Å². The van der Waals surface area contributed by atoms with Gasteiger partial charge in [0, 0.05) is 23.5 Å². The number of fused-ring (bicyclic) bond motifs is 3. The van der Waals surface area contributed by atoms with Crippen molar-refractivity contribution in [2.45, 2.75) is 43.4 Å². The highest BCUT2D eigenvalue weighted by Gasteiger charge is 2.41. The van der Waals surface area contributed by atoms with Gasteiger partial charge in [-0.25, -0.2) is 8.42 Å². The molecule has 120 valence electrons. The lowest BCUT2D eigenvalue weighted by atomic mass is 9.94. The van der Waals surface area contributed by atoms with Gasteiger partial charge in [-0.3, -0.25) is 10.6 Å². The van der Waals surface area contributed by atoms with E-state index in [1.807, 2.05) is 18.2 Å². The number of rotatable bonds is 3. The monoisotopic (exact) mass is 321 g/mol. The molecule has 3 aliphatic rings. The molecule has 3 N–H and O–H groups in total. The molecule has 0 saturated heterocycles. The van der Waals surface area contributed by atoms with Gasteiger partial charge in [-0.2, -0.15) is 0 Å². The van der Waals surface area contributed by atoms with Crippen molar-refractivity contribution >= 4 is 15.5 Å². The van der Waals surface area contributed by atoms with Gasteiger partial charge >= 0.3 is 0 Å². The highest BCUT2D eigenvalue weighted by Crippen LogP contribution is 2.45. The van der Waals surface area contributed by atoms with Gasteiger partial charge in [0.05, 0.1) is 6.17 Å². The molecule has 4 rings (SSSR count). The maximum absolute atomic E-state index is 12.0. The molecular formula is C16H23N3O2S. The van der Waals surface area contributed by atoms with Crippen LogP contribution in [0.1, 0.15) is 37.4 Å². The van der Waals surface area contributed by atoms with Crippen LogP contribution < -0.4 is 16.0 Å². The van der Waals surface area contributed by atoms with E-state index in [-0.39, 0.29) is 6.17 Å². The van der Waals surface area contributed by atoms with Crippen molar-refractivity contribution in [3.05, 3.63) is 29.8 Å². The van der Waals surface area contributed by atoms with Crippen molar-refractivity contribution in [2.24, 2.45) is 11.8 Å². The third-order valence-corrected chi connectivity index (χ3v) is 6.53. The summed E-state index contributed by atoms with van der Waals surface area (Å²) < 4.78 is 23.9. The second kappa shape index (κ2) is 5.22. The fourth-order valence-electron chi connectivity index (χ4n) is 4.34. The summed E-state index contributed by atoms with van der Waals surface area (Å²) >= 11 is 0. The molecule has 5 atom stereocenters. The zero-order chi connectivity index (χ0) is 15.3. The molecule has 1 aromatic rings. The lowest BCUT2D eigenvalue weighted by Gasteiger charge is -2.37. The quantitative estimate of drug-likeness (QED) is 0.792. The van der Waals surface area contributed by atoms with E-state index in [2.05, 4.69) is 22.0 Å². The van der Waals surface area contributed by atoms with Crippen molar-refractivity contribution in [3.8, 4) is 0 Å². The molecule has 0 spiro atoms. The highest BCUT2D eigenvalue weighted by molar-refractivity contribution is 7.91. The van der Waals surface area contributed by atoms with Gasteiger partial charge in [0.25, 0.3) is 0 Å². The number of hydrogen-bond donors (Lipinski definition) is 3. The van der Waals surface area contributed by atoms with Gasteiger partial charge in [0.1, 0.15) is 0 Å². The molecule has 1 heterocycles. The van der Waals surface area contributed by atoms with E-state index >= 15 is 0 Å². The van der Waals surface area contributed by atoms with Crippen molar-refractivity contribution in [2.75, 3.05) is 11.6 Å². The molecule has 1 aliphatic heterocycles. The third kappa shape index (κ3) is 2.53. The first kappa shape index (κ1) is 14.5. The van der Waals surface area contributed by atoms with Crippen LogP contribution in [0.25, 0.3) is 0 Å². The maximum Gasteiger partial charge on any atom is 0.183 e. The van der Waals surface area contributed by atoms with Gasteiger partial charge in [-0.15, -0.1) is 0 Å². The predicted molar refractivity (Wildman–Crippen MR) is 86.9 cm³/mol. The topological polar surface area (TPSA) is 70.2 Å².